The van der Waals surface area contributed by atoms with Gasteiger partial charge >= 0.3 is 5.97 Å². The van der Waals surface area contributed by atoms with Crippen LogP contribution in [0.25, 0.3) is 0 Å². The number of piperidine rings is 1. The van der Waals surface area contributed by atoms with Crippen LogP contribution in [0.5, 0.6) is 0 Å². The lowest BCUT2D eigenvalue weighted by molar-refractivity contribution is -0.145. The van der Waals surface area contributed by atoms with Crippen LogP contribution in [-0.4, -0.2) is 61.0 Å². The van der Waals surface area contributed by atoms with E-state index in [1.165, 1.54) is 0 Å². The second-order valence-corrected chi connectivity index (χ2v) is 4.92. The van der Waals surface area contributed by atoms with E-state index in [-0.39, 0.29) is 12.7 Å². The fourth-order valence-electron chi connectivity index (χ4n) is 2.63. The summed E-state index contributed by atoms with van der Waals surface area (Å²) >= 11 is 0. The zero-order valence-electron chi connectivity index (χ0n) is 10.3. The Hall–Kier alpha value is -0.650. The molecule has 0 amide bonds. The van der Waals surface area contributed by atoms with Crippen LogP contribution in [0.3, 0.4) is 0 Å². The van der Waals surface area contributed by atoms with Gasteiger partial charge in [0.1, 0.15) is 6.61 Å². The molecule has 1 heterocycles. The zero-order valence-corrected chi connectivity index (χ0v) is 10.3. The average molecular weight is 243 g/mol. The van der Waals surface area contributed by atoms with Crippen molar-refractivity contribution in [2.24, 2.45) is 0 Å². The van der Waals surface area contributed by atoms with Gasteiger partial charge in [0.25, 0.3) is 0 Å². The molecule has 98 valence electrons. The first-order valence-electron chi connectivity index (χ1n) is 6.29. The molecule has 5 heteroatoms. The third-order valence-electron chi connectivity index (χ3n) is 3.84. The minimum atomic E-state index is -0.880. The SMILES string of the molecule is COC1CC(N2CCC(OCC(=O)O)CC2)C1. The molecule has 0 aromatic heterocycles. The maximum atomic E-state index is 10.4. The minimum Gasteiger partial charge on any atom is -0.480 e. The second kappa shape index (κ2) is 5.80. The van der Waals surface area contributed by atoms with Gasteiger partial charge in [-0.25, -0.2) is 4.79 Å². The van der Waals surface area contributed by atoms with Crippen LogP contribution in [0.4, 0.5) is 0 Å². The summed E-state index contributed by atoms with van der Waals surface area (Å²) in [6.45, 7) is 1.87. The number of nitrogens with zero attached hydrogens (tertiary/aromatic N) is 1. The van der Waals surface area contributed by atoms with Crippen LogP contribution in [0.1, 0.15) is 25.7 Å². The van der Waals surface area contributed by atoms with Crippen molar-refractivity contribution in [1.29, 1.82) is 0 Å². The van der Waals surface area contributed by atoms with Crippen LogP contribution in [-0.2, 0) is 14.3 Å². The third-order valence-corrected chi connectivity index (χ3v) is 3.84. The van der Waals surface area contributed by atoms with Gasteiger partial charge in [0.2, 0.25) is 0 Å². The van der Waals surface area contributed by atoms with E-state index in [9.17, 15) is 4.79 Å². The predicted molar refractivity (Wildman–Crippen MR) is 62.0 cm³/mol. The number of carboxylic acids is 1. The Kier molecular flexibility index (Phi) is 4.36. The number of hydrogen-bond acceptors (Lipinski definition) is 4. The van der Waals surface area contributed by atoms with Crippen molar-refractivity contribution in [2.75, 3.05) is 26.8 Å². The molecule has 17 heavy (non-hydrogen) atoms. The van der Waals surface area contributed by atoms with E-state index in [4.69, 9.17) is 14.6 Å². The number of methoxy groups -OCH3 is 1. The summed E-state index contributed by atoms with van der Waals surface area (Å²) in [4.78, 5) is 12.9. The maximum Gasteiger partial charge on any atom is 0.329 e. The fourth-order valence-corrected chi connectivity index (χ4v) is 2.63. The van der Waals surface area contributed by atoms with E-state index in [2.05, 4.69) is 4.90 Å². The number of hydrogen-bond donors (Lipinski definition) is 1. The van der Waals surface area contributed by atoms with E-state index in [1.807, 2.05) is 0 Å². The summed E-state index contributed by atoms with van der Waals surface area (Å²) < 4.78 is 10.6. The summed E-state index contributed by atoms with van der Waals surface area (Å²) in [5, 5.41) is 8.54. The first-order valence-corrected chi connectivity index (χ1v) is 6.29. The summed E-state index contributed by atoms with van der Waals surface area (Å²) in [6, 6.07) is 0.667. The van der Waals surface area contributed by atoms with Gasteiger partial charge < -0.3 is 14.6 Å². The first kappa shape index (κ1) is 12.8. The maximum absolute atomic E-state index is 10.4. The van der Waals surface area contributed by atoms with Gasteiger partial charge in [0.05, 0.1) is 12.2 Å². The van der Waals surface area contributed by atoms with Gasteiger partial charge in [-0.1, -0.05) is 0 Å². The summed E-state index contributed by atoms with van der Waals surface area (Å²) in [6.07, 6.45) is 4.73. The lowest BCUT2D eigenvalue weighted by Gasteiger charge is -2.45. The molecule has 1 aliphatic carbocycles. The number of carbonyl (C=O) groups is 1. The minimum absolute atomic E-state index is 0.126. The Morgan fingerprint density at radius 1 is 1.29 bits per heavy atom. The van der Waals surface area contributed by atoms with Crippen molar-refractivity contribution >= 4 is 5.97 Å². The standard InChI is InChI=1S/C12H21NO4/c1-16-11-6-9(7-11)13-4-2-10(3-5-13)17-8-12(14)15/h9-11H,2-8H2,1H3,(H,14,15). The Bertz CT molecular complexity index is 257. The Balaban J connectivity index is 1.63. The van der Waals surface area contributed by atoms with Crippen LogP contribution in [0.2, 0.25) is 0 Å². The number of aliphatic carboxylic acids is 1. The van der Waals surface area contributed by atoms with Gasteiger partial charge in [-0.15, -0.1) is 0 Å². The van der Waals surface area contributed by atoms with E-state index in [0.29, 0.717) is 12.1 Å². The highest BCUT2D eigenvalue weighted by atomic mass is 16.5. The molecule has 0 bridgehead atoms. The lowest BCUT2D eigenvalue weighted by Crippen LogP contribution is -2.51. The van der Waals surface area contributed by atoms with Gasteiger partial charge in [-0.05, 0) is 25.7 Å². The molecule has 2 fully saturated rings. The molecule has 2 aliphatic rings. The van der Waals surface area contributed by atoms with Crippen LogP contribution >= 0.6 is 0 Å². The molecule has 0 aromatic carbocycles. The second-order valence-electron chi connectivity index (χ2n) is 4.92. The zero-order chi connectivity index (χ0) is 12.3. The van der Waals surface area contributed by atoms with Crippen molar-refractivity contribution in [1.82, 2.24) is 4.90 Å². The van der Waals surface area contributed by atoms with E-state index in [0.717, 1.165) is 38.8 Å². The molecule has 1 aliphatic heterocycles. The number of likely N-dealkylation sites (tertiary alicyclic amines) is 1. The van der Waals surface area contributed by atoms with Crippen LogP contribution < -0.4 is 0 Å². The smallest absolute Gasteiger partial charge is 0.329 e. The average Bonchev–Trinajstić information content (AvgIpc) is 2.26. The van der Waals surface area contributed by atoms with E-state index < -0.39 is 5.97 Å². The van der Waals surface area contributed by atoms with E-state index in [1.54, 1.807) is 7.11 Å². The number of rotatable bonds is 5. The van der Waals surface area contributed by atoms with E-state index >= 15 is 0 Å². The van der Waals surface area contributed by atoms with Crippen molar-refractivity contribution in [2.45, 2.75) is 43.9 Å². The van der Waals surface area contributed by atoms with Crippen LogP contribution in [0.15, 0.2) is 0 Å². The first-order chi connectivity index (χ1) is 8.19. The van der Waals surface area contributed by atoms with Crippen LogP contribution in [0, 0.1) is 0 Å². The Morgan fingerprint density at radius 2 is 1.94 bits per heavy atom. The normalized spacial score (nSPS) is 31.1. The summed E-state index contributed by atoms with van der Waals surface area (Å²) in [5.74, 6) is -0.880. The predicted octanol–water partition coefficient (Wildman–Crippen LogP) is 0.729. The molecule has 0 aromatic rings. The molecular formula is C12H21NO4. The molecule has 1 saturated carbocycles. The molecule has 0 atom stereocenters. The van der Waals surface area contributed by atoms with Gasteiger partial charge in [-0.3, -0.25) is 4.90 Å². The number of carboxylic acid groups (broad SMARTS) is 1. The Labute approximate surface area is 102 Å². The largest absolute Gasteiger partial charge is 0.480 e. The molecule has 0 radical (unpaired) electrons. The Morgan fingerprint density at radius 3 is 2.47 bits per heavy atom. The van der Waals surface area contributed by atoms with Crippen molar-refractivity contribution in [3.63, 3.8) is 0 Å². The summed E-state index contributed by atoms with van der Waals surface area (Å²) in [7, 11) is 1.77. The highest BCUT2D eigenvalue weighted by molar-refractivity contribution is 5.68. The summed E-state index contributed by atoms with van der Waals surface area (Å²) in [5.41, 5.74) is 0. The van der Waals surface area contributed by atoms with Crippen molar-refractivity contribution in [3.8, 4) is 0 Å². The lowest BCUT2D eigenvalue weighted by atomic mass is 9.86. The fraction of sp³-hybridized carbons (Fsp3) is 0.917. The molecule has 0 spiro atoms. The topological polar surface area (TPSA) is 59.0 Å². The van der Waals surface area contributed by atoms with Gasteiger partial charge in [-0.2, -0.15) is 0 Å². The van der Waals surface area contributed by atoms with Crippen molar-refractivity contribution in [3.05, 3.63) is 0 Å². The molecule has 0 unspecified atom stereocenters. The van der Waals surface area contributed by atoms with Gasteiger partial charge in [0, 0.05) is 26.2 Å². The molecule has 1 N–H and O–H groups in total. The molecule has 2 rings (SSSR count). The highest BCUT2D eigenvalue weighted by Crippen LogP contribution is 2.30. The molecule has 5 nitrogen and oxygen atoms in total. The van der Waals surface area contributed by atoms with Gasteiger partial charge in [0.15, 0.2) is 0 Å². The highest BCUT2D eigenvalue weighted by Gasteiger charge is 2.35. The molecular weight excluding hydrogens is 222 g/mol. The quantitative estimate of drug-likeness (QED) is 0.771. The monoisotopic (exact) mass is 243 g/mol. The van der Waals surface area contributed by atoms with Crippen molar-refractivity contribution < 1.29 is 19.4 Å². The molecule has 1 saturated heterocycles. The third kappa shape index (κ3) is 3.40. The number of ether oxygens (including phenoxy) is 2.